The number of nitrogens with zero attached hydrogens (tertiary/aromatic N) is 2. The number of rotatable bonds is 10. The number of hydrogen-bond acceptors (Lipinski definition) is 8. The molecule has 3 saturated carbocycles. The van der Waals surface area contributed by atoms with Crippen molar-refractivity contribution in [3.05, 3.63) is 30.4 Å². The maximum atomic E-state index is 13.4. The lowest BCUT2D eigenvalue weighted by molar-refractivity contribution is -0.184. The number of fused-ring (bicyclic) bond motifs is 5. The predicted molar refractivity (Wildman–Crippen MR) is 148 cm³/mol. The molecule has 10 nitrogen and oxygen atoms in total. The molecule has 224 valence electrons. The summed E-state index contributed by atoms with van der Waals surface area (Å²) in [6.45, 7) is 4.71. The first-order valence-corrected chi connectivity index (χ1v) is 15.0. The van der Waals surface area contributed by atoms with Gasteiger partial charge in [-0.3, -0.25) is 19.2 Å². The third-order valence-corrected chi connectivity index (χ3v) is 10.9. The Bertz CT molecular complexity index is 1210. The van der Waals surface area contributed by atoms with Gasteiger partial charge >= 0.3 is 5.97 Å². The monoisotopic (exact) mass is 569 g/mol. The van der Waals surface area contributed by atoms with Gasteiger partial charge in [0.2, 0.25) is 11.7 Å². The number of nitrogens with one attached hydrogen (secondary N) is 1. The van der Waals surface area contributed by atoms with Crippen LogP contribution >= 0.6 is 0 Å². The van der Waals surface area contributed by atoms with E-state index in [1.165, 1.54) is 0 Å². The van der Waals surface area contributed by atoms with E-state index in [4.69, 9.17) is 4.74 Å². The van der Waals surface area contributed by atoms with Crippen LogP contribution in [-0.2, 0) is 30.5 Å². The van der Waals surface area contributed by atoms with Crippen molar-refractivity contribution in [1.29, 1.82) is 0 Å². The van der Waals surface area contributed by atoms with Crippen LogP contribution in [0.3, 0.4) is 0 Å². The molecule has 5 rings (SSSR count). The van der Waals surface area contributed by atoms with Gasteiger partial charge in [-0.1, -0.05) is 19.4 Å². The van der Waals surface area contributed by atoms with Gasteiger partial charge in [0.15, 0.2) is 12.4 Å². The van der Waals surface area contributed by atoms with E-state index in [9.17, 15) is 29.4 Å². The highest BCUT2D eigenvalue weighted by molar-refractivity contribution is 5.92. The SMILES string of the molecule is C[C@]12CCC(=O)C=C1CC[C@@H]1[C@@H]2[C@H](O)C[C@@]2(C)[C@H]1CC[C@]2(O)C(=O)COC(=O)CCC(=O)NCCCn1ccnc1. The van der Waals surface area contributed by atoms with Gasteiger partial charge in [-0.05, 0) is 74.2 Å². The van der Waals surface area contributed by atoms with Crippen LogP contribution in [0.4, 0.5) is 0 Å². The van der Waals surface area contributed by atoms with Crippen LogP contribution in [-0.4, -0.2) is 68.1 Å². The summed E-state index contributed by atoms with van der Waals surface area (Å²) in [6, 6.07) is 0. The maximum Gasteiger partial charge on any atom is 0.306 e. The smallest absolute Gasteiger partial charge is 0.306 e. The zero-order chi connectivity index (χ0) is 29.4. The summed E-state index contributed by atoms with van der Waals surface area (Å²) in [5.74, 6) is -1.14. The van der Waals surface area contributed by atoms with E-state index in [1.807, 2.05) is 17.7 Å². The summed E-state index contributed by atoms with van der Waals surface area (Å²) in [5, 5.41) is 26.1. The average molecular weight is 570 g/mol. The van der Waals surface area contributed by atoms with Crippen molar-refractivity contribution >= 4 is 23.4 Å². The lowest BCUT2D eigenvalue weighted by Crippen LogP contribution is -2.62. The lowest BCUT2D eigenvalue weighted by Gasteiger charge is -2.60. The van der Waals surface area contributed by atoms with Crippen molar-refractivity contribution in [2.24, 2.45) is 28.6 Å². The second-order valence-corrected chi connectivity index (χ2v) is 13.1. The first kappa shape index (κ1) is 29.6. The number of aromatic nitrogens is 2. The van der Waals surface area contributed by atoms with Crippen LogP contribution in [0.2, 0.25) is 0 Å². The van der Waals surface area contributed by atoms with Crippen molar-refractivity contribution < 1.29 is 34.1 Å². The lowest BCUT2D eigenvalue weighted by atomic mass is 9.45. The minimum Gasteiger partial charge on any atom is -0.458 e. The number of Topliss-reactive ketones (excluding diaryl/α,β-unsaturated/α-hetero) is 1. The van der Waals surface area contributed by atoms with Crippen LogP contribution in [0.5, 0.6) is 0 Å². The molecule has 0 aromatic carbocycles. The standard InChI is InChI=1S/C31H43N3O7/c1-29-10-8-21(35)16-20(29)4-5-22-23-9-11-31(40,30(23,2)17-24(36)28(22)29)25(37)18-41-27(39)7-6-26(38)33-12-3-14-34-15-13-32-19-34/h13,15-16,19,22-24,28,36,40H,3-12,14,17-18H2,1-2H3,(H,33,38)/t22-,23-,24+,28+,29-,30-,31-/m0/s1. The summed E-state index contributed by atoms with van der Waals surface area (Å²) >= 11 is 0. The van der Waals surface area contributed by atoms with E-state index in [-0.39, 0.29) is 60.5 Å². The van der Waals surface area contributed by atoms with E-state index in [0.29, 0.717) is 19.4 Å². The van der Waals surface area contributed by atoms with Crippen LogP contribution in [0, 0.1) is 28.6 Å². The first-order chi connectivity index (χ1) is 19.5. The number of aliphatic hydroxyl groups excluding tert-OH is 1. The Kier molecular flexibility index (Phi) is 8.27. The van der Waals surface area contributed by atoms with Crippen molar-refractivity contribution in [2.75, 3.05) is 13.2 Å². The van der Waals surface area contributed by atoms with Crippen LogP contribution in [0.15, 0.2) is 30.4 Å². The normalized spacial score (nSPS) is 36.0. The minimum absolute atomic E-state index is 0.0130. The van der Waals surface area contributed by atoms with Gasteiger partial charge in [0.05, 0.1) is 18.9 Å². The molecule has 3 N–H and O–H groups in total. The molecule has 1 aromatic rings. The number of hydrogen-bond donors (Lipinski definition) is 3. The molecule has 41 heavy (non-hydrogen) atoms. The van der Waals surface area contributed by atoms with E-state index in [2.05, 4.69) is 17.2 Å². The Morgan fingerprint density at radius 3 is 2.73 bits per heavy atom. The molecular weight excluding hydrogens is 526 g/mol. The molecule has 10 heteroatoms. The summed E-state index contributed by atoms with van der Waals surface area (Å²) in [7, 11) is 0. The fourth-order valence-corrected chi connectivity index (χ4v) is 8.70. The van der Waals surface area contributed by atoms with Gasteiger partial charge in [0.1, 0.15) is 5.60 Å². The van der Waals surface area contributed by atoms with Crippen LogP contribution < -0.4 is 5.32 Å². The number of aliphatic hydroxyl groups is 2. The van der Waals surface area contributed by atoms with Crippen molar-refractivity contribution in [2.45, 2.75) is 96.3 Å². The Balaban J connectivity index is 1.13. The van der Waals surface area contributed by atoms with Gasteiger partial charge in [-0.2, -0.15) is 0 Å². The first-order valence-electron chi connectivity index (χ1n) is 15.0. The predicted octanol–water partition coefficient (Wildman–Crippen LogP) is 2.52. The largest absolute Gasteiger partial charge is 0.458 e. The zero-order valence-corrected chi connectivity index (χ0v) is 24.1. The molecule has 4 aliphatic carbocycles. The van der Waals surface area contributed by atoms with E-state index >= 15 is 0 Å². The van der Waals surface area contributed by atoms with E-state index in [0.717, 1.165) is 37.8 Å². The molecule has 0 spiro atoms. The Hall–Kier alpha value is -2.85. The molecule has 0 aliphatic heterocycles. The number of allylic oxidation sites excluding steroid dienone is 1. The average Bonchev–Trinajstić information content (AvgIpc) is 3.55. The molecule has 1 amide bonds. The molecule has 1 aromatic heterocycles. The third-order valence-electron chi connectivity index (χ3n) is 10.9. The molecule has 0 saturated heterocycles. The number of imidazole rings is 1. The van der Waals surface area contributed by atoms with Crippen LogP contribution in [0.25, 0.3) is 0 Å². The molecule has 4 aliphatic rings. The zero-order valence-electron chi connectivity index (χ0n) is 24.1. The molecule has 3 fully saturated rings. The minimum atomic E-state index is -1.70. The number of ether oxygens (including phenoxy) is 1. The fraction of sp³-hybridized carbons (Fsp3) is 0.710. The maximum absolute atomic E-state index is 13.4. The van der Waals surface area contributed by atoms with Crippen molar-refractivity contribution in [3.8, 4) is 0 Å². The Morgan fingerprint density at radius 1 is 1.17 bits per heavy atom. The van der Waals surface area contributed by atoms with E-state index < -0.39 is 35.5 Å². The molecule has 7 atom stereocenters. The summed E-state index contributed by atoms with van der Waals surface area (Å²) < 4.78 is 7.13. The van der Waals surface area contributed by atoms with Gasteiger partial charge < -0.3 is 24.8 Å². The quantitative estimate of drug-likeness (QED) is 0.288. The summed E-state index contributed by atoms with van der Waals surface area (Å²) in [6.07, 6.45) is 10.9. The second kappa shape index (κ2) is 11.4. The van der Waals surface area contributed by atoms with Crippen molar-refractivity contribution in [3.63, 3.8) is 0 Å². The number of aryl methyl sites for hydroxylation is 1. The number of carbonyl (C=O) groups is 4. The summed E-state index contributed by atoms with van der Waals surface area (Å²) in [5.41, 5.74) is -1.65. The second-order valence-electron chi connectivity index (χ2n) is 13.1. The highest BCUT2D eigenvalue weighted by Crippen LogP contribution is 2.67. The number of esters is 1. The molecule has 0 unspecified atom stereocenters. The fourth-order valence-electron chi connectivity index (χ4n) is 8.70. The van der Waals surface area contributed by atoms with Gasteiger partial charge in [0, 0.05) is 43.7 Å². The van der Waals surface area contributed by atoms with E-state index in [1.54, 1.807) is 18.6 Å². The molecule has 0 bridgehead atoms. The third kappa shape index (κ3) is 5.41. The highest BCUT2D eigenvalue weighted by atomic mass is 16.5. The molecule has 1 heterocycles. The highest BCUT2D eigenvalue weighted by Gasteiger charge is 2.68. The number of amides is 1. The number of carbonyl (C=O) groups excluding carboxylic acids is 4. The van der Waals surface area contributed by atoms with Gasteiger partial charge in [-0.15, -0.1) is 0 Å². The summed E-state index contributed by atoms with van der Waals surface area (Å²) in [4.78, 5) is 53.9. The Labute approximate surface area is 240 Å². The topological polar surface area (TPSA) is 148 Å². The van der Waals surface area contributed by atoms with Gasteiger partial charge in [0.25, 0.3) is 0 Å². The van der Waals surface area contributed by atoms with Gasteiger partial charge in [-0.25, -0.2) is 4.98 Å². The number of ketones is 2. The Morgan fingerprint density at radius 2 is 1.98 bits per heavy atom. The molecular formula is C31H43N3O7. The van der Waals surface area contributed by atoms with Crippen molar-refractivity contribution in [1.82, 2.24) is 14.9 Å². The molecule has 0 radical (unpaired) electrons. The van der Waals surface area contributed by atoms with Crippen LogP contribution in [0.1, 0.15) is 78.1 Å².